The van der Waals surface area contributed by atoms with Crippen LogP contribution in [0.3, 0.4) is 0 Å². The lowest BCUT2D eigenvalue weighted by atomic mass is 10.1. The molecule has 0 spiro atoms. The van der Waals surface area contributed by atoms with E-state index in [9.17, 15) is 14.7 Å². The zero-order valence-electron chi connectivity index (χ0n) is 15.0. The molecular weight excluding hydrogens is 350 g/mol. The van der Waals surface area contributed by atoms with Gasteiger partial charge in [0.1, 0.15) is 5.00 Å². The normalized spacial score (nSPS) is 15.1. The number of thiophene rings is 1. The minimum absolute atomic E-state index is 0.165. The van der Waals surface area contributed by atoms with E-state index in [0.29, 0.717) is 10.6 Å². The number of nitrogens with zero attached hydrogens (tertiary/aromatic N) is 2. The van der Waals surface area contributed by atoms with Crippen molar-refractivity contribution in [2.24, 2.45) is 0 Å². The van der Waals surface area contributed by atoms with E-state index in [1.54, 1.807) is 6.92 Å². The van der Waals surface area contributed by atoms with Crippen molar-refractivity contribution in [3.05, 3.63) is 46.3 Å². The Balaban J connectivity index is 1.55. The highest BCUT2D eigenvalue weighted by Gasteiger charge is 2.23. The summed E-state index contributed by atoms with van der Waals surface area (Å²) in [5.41, 5.74) is 2.12. The number of hydrogen-bond acceptors (Lipinski definition) is 5. The predicted octanol–water partition coefficient (Wildman–Crippen LogP) is 2.82. The van der Waals surface area contributed by atoms with E-state index in [1.807, 2.05) is 25.1 Å². The highest BCUT2D eigenvalue weighted by Crippen LogP contribution is 2.32. The van der Waals surface area contributed by atoms with Crippen LogP contribution in [0.15, 0.2) is 30.3 Å². The minimum atomic E-state index is -1.00. The standard InChI is InChI=1S/C19H23N3O3S/c1-13-14(2)26-18(17(13)19(24)25)20-16(23)12-21-8-10-22(11-9-21)15-6-4-3-5-7-15/h3-7H,8-12H2,1-2H3,(H,20,23)(H,24,25). The van der Waals surface area contributed by atoms with Gasteiger partial charge in [-0.25, -0.2) is 4.79 Å². The molecule has 1 fully saturated rings. The molecule has 1 aliphatic heterocycles. The van der Waals surface area contributed by atoms with Gasteiger partial charge in [-0.05, 0) is 31.5 Å². The van der Waals surface area contributed by atoms with Crippen LogP contribution in [0.25, 0.3) is 0 Å². The van der Waals surface area contributed by atoms with Crippen molar-refractivity contribution in [1.29, 1.82) is 0 Å². The van der Waals surface area contributed by atoms with E-state index in [0.717, 1.165) is 31.1 Å². The summed E-state index contributed by atoms with van der Waals surface area (Å²) >= 11 is 1.32. The topological polar surface area (TPSA) is 72.9 Å². The maximum atomic E-state index is 12.4. The van der Waals surface area contributed by atoms with Gasteiger partial charge in [-0.2, -0.15) is 0 Å². The number of para-hydroxylation sites is 1. The highest BCUT2D eigenvalue weighted by atomic mass is 32.1. The Morgan fingerprint density at radius 2 is 1.77 bits per heavy atom. The molecule has 1 aliphatic rings. The number of piperazine rings is 1. The van der Waals surface area contributed by atoms with Crippen molar-refractivity contribution in [3.8, 4) is 0 Å². The van der Waals surface area contributed by atoms with Crippen molar-refractivity contribution < 1.29 is 14.7 Å². The summed E-state index contributed by atoms with van der Waals surface area (Å²) in [6.45, 7) is 7.26. The lowest BCUT2D eigenvalue weighted by Crippen LogP contribution is -2.48. The fraction of sp³-hybridized carbons (Fsp3) is 0.368. The largest absolute Gasteiger partial charge is 0.478 e. The first-order valence-electron chi connectivity index (χ1n) is 8.61. The van der Waals surface area contributed by atoms with Crippen molar-refractivity contribution in [2.75, 3.05) is 42.9 Å². The molecule has 2 aromatic rings. The second-order valence-corrected chi connectivity index (χ2v) is 7.66. The first-order valence-corrected chi connectivity index (χ1v) is 9.43. The van der Waals surface area contributed by atoms with Gasteiger partial charge in [-0.1, -0.05) is 18.2 Å². The summed E-state index contributed by atoms with van der Waals surface area (Å²) < 4.78 is 0. The molecule has 7 heteroatoms. The van der Waals surface area contributed by atoms with Crippen LogP contribution >= 0.6 is 11.3 Å². The van der Waals surface area contributed by atoms with Gasteiger partial charge in [0.15, 0.2) is 0 Å². The number of carboxylic acid groups (broad SMARTS) is 1. The number of aryl methyl sites for hydroxylation is 1. The van der Waals surface area contributed by atoms with Crippen molar-refractivity contribution >= 4 is 33.9 Å². The smallest absolute Gasteiger partial charge is 0.338 e. The fourth-order valence-corrected chi connectivity index (χ4v) is 4.21. The third-order valence-corrected chi connectivity index (χ3v) is 5.84. The van der Waals surface area contributed by atoms with Crippen LogP contribution in [-0.2, 0) is 4.79 Å². The molecule has 0 saturated carbocycles. The molecule has 2 N–H and O–H groups in total. The lowest BCUT2D eigenvalue weighted by molar-refractivity contribution is -0.117. The van der Waals surface area contributed by atoms with Crippen LogP contribution in [0.5, 0.6) is 0 Å². The average Bonchev–Trinajstić information content (AvgIpc) is 2.90. The van der Waals surface area contributed by atoms with E-state index in [-0.39, 0.29) is 18.0 Å². The summed E-state index contributed by atoms with van der Waals surface area (Å²) in [5, 5.41) is 12.6. The molecule has 138 valence electrons. The van der Waals surface area contributed by atoms with E-state index >= 15 is 0 Å². The SMILES string of the molecule is Cc1sc(NC(=O)CN2CCN(c3ccccc3)CC2)c(C(=O)O)c1C. The Morgan fingerprint density at radius 1 is 1.12 bits per heavy atom. The highest BCUT2D eigenvalue weighted by molar-refractivity contribution is 7.16. The van der Waals surface area contributed by atoms with Crippen LogP contribution in [0, 0.1) is 13.8 Å². The van der Waals surface area contributed by atoms with Gasteiger partial charge in [0, 0.05) is 36.7 Å². The number of carboxylic acids is 1. The Morgan fingerprint density at radius 3 is 2.38 bits per heavy atom. The molecule has 0 atom stereocenters. The summed E-state index contributed by atoms with van der Waals surface area (Å²) in [5.74, 6) is -1.17. The van der Waals surface area contributed by atoms with Crippen molar-refractivity contribution in [2.45, 2.75) is 13.8 Å². The van der Waals surface area contributed by atoms with Crippen LogP contribution in [-0.4, -0.2) is 54.6 Å². The Hall–Kier alpha value is -2.38. The summed E-state index contributed by atoms with van der Waals surface area (Å²) in [6, 6.07) is 10.2. The second-order valence-electron chi connectivity index (χ2n) is 6.44. The van der Waals surface area contributed by atoms with Gasteiger partial charge in [0.05, 0.1) is 12.1 Å². The number of carbonyl (C=O) groups excluding carboxylic acids is 1. The van der Waals surface area contributed by atoms with Gasteiger partial charge >= 0.3 is 5.97 Å². The summed E-state index contributed by atoms with van der Waals surface area (Å²) in [6.07, 6.45) is 0. The van der Waals surface area contributed by atoms with Crippen LogP contribution in [0.2, 0.25) is 0 Å². The zero-order valence-corrected chi connectivity index (χ0v) is 15.8. The maximum Gasteiger partial charge on any atom is 0.338 e. The molecule has 0 bridgehead atoms. The van der Waals surface area contributed by atoms with Gasteiger partial charge in [0.2, 0.25) is 5.91 Å². The van der Waals surface area contributed by atoms with Crippen LogP contribution < -0.4 is 10.2 Å². The summed E-state index contributed by atoms with van der Waals surface area (Å²) in [4.78, 5) is 29.1. The number of rotatable bonds is 5. The average molecular weight is 373 g/mol. The van der Waals surface area contributed by atoms with Crippen molar-refractivity contribution in [3.63, 3.8) is 0 Å². The van der Waals surface area contributed by atoms with Gasteiger partial charge in [-0.3, -0.25) is 9.69 Å². The first kappa shape index (κ1) is 18.4. The van der Waals surface area contributed by atoms with Crippen LogP contribution in [0.1, 0.15) is 20.8 Å². The first-order chi connectivity index (χ1) is 12.5. The van der Waals surface area contributed by atoms with Gasteiger partial charge in [0.25, 0.3) is 0 Å². The van der Waals surface area contributed by atoms with Gasteiger partial charge in [-0.15, -0.1) is 11.3 Å². The number of anilines is 2. The molecule has 0 radical (unpaired) electrons. The molecule has 1 amide bonds. The Kier molecular flexibility index (Phi) is 5.58. The number of nitrogens with one attached hydrogen (secondary N) is 1. The van der Waals surface area contributed by atoms with Crippen LogP contribution in [0.4, 0.5) is 10.7 Å². The molecule has 2 heterocycles. The molecule has 26 heavy (non-hydrogen) atoms. The van der Waals surface area contributed by atoms with Gasteiger partial charge < -0.3 is 15.3 Å². The van der Waals surface area contributed by atoms with E-state index < -0.39 is 5.97 Å². The molecule has 3 rings (SSSR count). The van der Waals surface area contributed by atoms with E-state index in [2.05, 4.69) is 27.2 Å². The van der Waals surface area contributed by atoms with E-state index in [4.69, 9.17) is 0 Å². The minimum Gasteiger partial charge on any atom is -0.478 e. The quantitative estimate of drug-likeness (QED) is 0.843. The number of aromatic carboxylic acids is 1. The Labute approximate surface area is 157 Å². The third-order valence-electron chi connectivity index (χ3n) is 4.71. The second kappa shape index (κ2) is 7.88. The third kappa shape index (κ3) is 4.05. The number of benzene rings is 1. The monoisotopic (exact) mass is 373 g/mol. The molecule has 1 saturated heterocycles. The molecule has 0 aliphatic carbocycles. The number of carbonyl (C=O) groups is 2. The van der Waals surface area contributed by atoms with Crippen molar-refractivity contribution in [1.82, 2.24) is 4.90 Å². The zero-order chi connectivity index (χ0) is 18.7. The fourth-order valence-electron chi connectivity index (χ4n) is 3.14. The molecule has 1 aromatic heterocycles. The number of hydrogen-bond donors (Lipinski definition) is 2. The summed E-state index contributed by atoms with van der Waals surface area (Å²) in [7, 11) is 0. The predicted molar refractivity (Wildman–Crippen MR) is 104 cm³/mol. The maximum absolute atomic E-state index is 12.4. The number of amides is 1. The Bertz CT molecular complexity index is 796. The molecule has 0 unspecified atom stereocenters. The molecular formula is C19H23N3O3S. The lowest BCUT2D eigenvalue weighted by Gasteiger charge is -2.35. The van der Waals surface area contributed by atoms with E-state index in [1.165, 1.54) is 17.0 Å². The molecule has 6 nitrogen and oxygen atoms in total. The molecule has 1 aromatic carbocycles.